The van der Waals surface area contributed by atoms with Crippen molar-refractivity contribution in [3.8, 4) is 34.1 Å². The fourth-order valence-corrected chi connectivity index (χ4v) is 6.29. The maximum atomic E-state index is 12.0. The fourth-order valence-electron chi connectivity index (χ4n) is 2.84. The van der Waals surface area contributed by atoms with Gasteiger partial charge in [-0.1, -0.05) is 0 Å². The van der Waals surface area contributed by atoms with Gasteiger partial charge in [0.25, 0.3) is 20.2 Å². The van der Waals surface area contributed by atoms with Gasteiger partial charge in [0.15, 0.2) is 21.3 Å². The molecule has 0 aliphatic carbocycles. The molecule has 0 heterocycles. The Morgan fingerprint density at radius 2 is 0.967 bits per heavy atom. The van der Waals surface area contributed by atoms with Gasteiger partial charge in [-0.05, 0) is 44.0 Å². The van der Waals surface area contributed by atoms with Gasteiger partial charge in [0.2, 0.25) is 0 Å². The maximum Gasteiger partial charge on any atom is 0.299 e. The highest BCUT2D eigenvalue weighted by Gasteiger charge is 2.34. The highest BCUT2D eigenvalue weighted by Crippen LogP contribution is 2.54. The summed E-state index contributed by atoms with van der Waals surface area (Å²) in [5.74, 6) is -0.731. The first-order valence-corrected chi connectivity index (χ1v) is 12.1. The summed E-state index contributed by atoms with van der Waals surface area (Å²) in [7, 11) is -4.77. The lowest BCUT2D eigenvalue weighted by molar-refractivity contribution is 0.373. The number of rotatable bonds is 7. The van der Waals surface area contributed by atoms with Crippen molar-refractivity contribution in [2.75, 3.05) is 28.4 Å². The Hall–Kier alpha value is -1.58. The first kappa shape index (κ1) is 24.7. The van der Waals surface area contributed by atoms with Crippen LogP contribution < -0.4 is 18.9 Å². The Kier molecular flexibility index (Phi) is 7.31. The molecule has 30 heavy (non-hydrogen) atoms. The van der Waals surface area contributed by atoms with Gasteiger partial charge in [0.1, 0.15) is 11.5 Å². The van der Waals surface area contributed by atoms with Crippen molar-refractivity contribution in [1.82, 2.24) is 0 Å². The van der Waals surface area contributed by atoms with Crippen LogP contribution in [0.4, 0.5) is 0 Å². The van der Waals surface area contributed by atoms with E-state index in [9.17, 15) is 25.9 Å². The van der Waals surface area contributed by atoms with Crippen LogP contribution in [0.1, 0.15) is 0 Å². The topological polar surface area (TPSA) is 146 Å². The van der Waals surface area contributed by atoms with Gasteiger partial charge < -0.3 is 18.9 Å². The molecule has 0 radical (unpaired) electrons. The summed E-state index contributed by atoms with van der Waals surface area (Å²) in [6.07, 6.45) is 0. The molecule has 14 heteroatoms. The summed E-state index contributed by atoms with van der Waals surface area (Å²) in [6, 6.07) is 2.46. The predicted molar refractivity (Wildman–Crippen MR) is 113 cm³/mol. The quantitative estimate of drug-likeness (QED) is 0.459. The lowest BCUT2D eigenvalue weighted by Crippen LogP contribution is -2.09. The summed E-state index contributed by atoms with van der Waals surface area (Å²) in [6.45, 7) is 0. The number of hydrogen-bond acceptors (Lipinski definition) is 8. The van der Waals surface area contributed by atoms with E-state index in [1.807, 2.05) is 0 Å². The first-order valence-electron chi connectivity index (χ1n) is 7.67. The molecule has 0 unspecified atom stereocenters. The zero-order valence-corrected chi connectivity index (χ0v) is 20.7. The fraction of sp³-hybridized carbons (Fsp3) is 0.250. The van der Waals surface area contributed by atoms with Gasteiger partial charge in [-0.2, -0.15) is 16.8 Å². The third kappa shape index (κ3) is 4.38. The molecule has 2 rings (SSSR count). The molecule has 0 spiro atoms. The standard InChI is InChI=1S/C16H16Br2O10S2/c1-25-9-5-7(17)15(29(19,20)21)13(27-3)11(9)12-10(26-2)6-8(18)16(14(12)28-4)30(22,23)24/h5-6H,1-4H3,(H,19,20,21)(H,22,23,24). The van der Waals surface area contributed by atoms with Crippen molar-refractivity contribution in [3.63, 3.8) is 0 Å². The Morgan fingerprint density at radius 3 is 1.17 bits per heavy atom. The SMILES string of the molecule is COc1cc(Br)c(S(=O)(=O)O)c(OC)c1-c1c(OC)cc(Br)c(S(=O)(=O)O)c1OC. The van der Waals surface area contributed by atoms with Crippen molar-refractivity contribution in [1.29, 1.82) is 0 Å². The number of ether oxygens (including phenoxy) is 4. The second kappa shape index (κ2) is 8.88. The monoisotopic (exact) mass is 590 g/mol. The molecule has 0 amide bonds. The van der Waals surface area contributed by atoms with Crippen molar-refractivity contribution in [2.45, 2.75) is 9.79 Å². The third-order valence-electron chi connectivity index (χ3n) is 3.92. The van der Waals surface area contributed by atoms with Crippen LogP contribution in [-0.2, 0) is 20.2 Å². The Labute approximate surface area is 189 Å². The number of hydrogen-bond donors (Lipinski definition) is 2. The minimum atomic E-state index is -4.80. The van der Waals surface area contributed by atoms with Gasteiger partial charge in [-0.15, -0.1) is 0 Å². The minimum absolute atomic E-state index is 0.0198. The van der Waals surface area contributed by atoms with Crippen LogP contribution >= 0.6 is 31.9 Å². The Balaban J connectivity index is 3.27. The summed E-state index contributed by atoms with van der Waals surface area (Å²) in [5, 5.41) is 0. The van der Waals surface area contributed by atoms with Gasteiger partial charge in [0, 0.05) is 8.95 Å². The highest BCUT2D eigenvalue weighted by molar-refractivity contribution is 9.10. The van der Waals surface area contributed by atoms with E-state index in [4.69, 9.17) is 18.9 Å². The average Bonchev–Trinajstić information content (AvgIpc) is 2.63. The molecular formula is C16H16Br2O10S2. The first-order chi connectivity index (χ1) is 13.8. The van der Waals surface area contributed by atoms with Crippen LogP contribution in [0, 0.1) is 0 Å². The molecule has 2 N–H and O–H groups in total. The maximum absolute atomic E-state index is 12.0. The average molecular weight is 592 g/mol. The van der Waals surface area contributed by atoms with E-state index in [0.29, 0.717) is 0 Å². The molecular weight excluding hydrogens is 576 g/mol. The zero-order chi connectivity index (χ0) is 23.0. The lowest BCUT2D eigenvalue weighted by Gasteiger charge is -2.22. The summed E-state index contributed by atoms with van der Waals surface area (Å²) in [5.41, 5.74) is -0.219. The summed E-state index contributed by atoms with van der Waals surface area (Å²) >= 11 is 6.09. The molecule has 0 atom stereocenters. The molecule has 10 nitrogen and oxygen atoms in total. The van der Waals surface area contributed by atoms with E-state index in [2.05, 4.69) is 31.9 Å². The largest absolute Gasteiger partial charge is 0.496 e. The van der Waals surface area contributed by atoms with Crippen molar-refractivity contribution < 1.29 is 44.9 Å². The van der Waals surface area contributed by atoms with E-state index < -0.39 is 30.0 Å². The lowest BCUT2D eigenvalue weighted by atomic mass is 10.0. The highest BCUT2D eigenvalue weighted by atomic mass is 79.9. The van der Waals surface area contributed by atoms with Crippen LogP contribution in [0.25, 0.3) is 11.1 Å². The normalized spacial score (nSPS) is 11.9. The van der Waals surface area contributed by atoms with Crippen LogP contribution in [0.15, 0.2) is 30.9 Å². The van der Waals surface area contributed by atoms with Crippen LogP contribution in [-0.4, -0.2) is 54.4 Å². The molecule has 2 aromatic rings. The van der Waals surface area contributed by atoms with Gasteiger partial charge in [0.05, 0.1) is 39.6 Å². The van der Waals surface area contributed by atoms with Crippen LogP contribution in [0.2, 0.25) is 0 Å². The van der Waals surface area contributed by atoms with Gasteiger partial charge >= 0.3 is 0 Å². The molecule has 0 saturated carbocycles. The summed E-state index contributed by atoms with van der Waals surface area (Å²) < 4.78 is 88.4. The molecule has 0 aliphatic heterocycles. The summed E-state index contributed by atoms with van der Waals surface area (Å²) in [4.78, 5) is -1.28. The van der Waals surface area contributed by atoms with Gasteiger partial charge in [-0.25, -0.2) is 0 Å². The molecule has 0 fully saturated rings. The van der Waals surface area contributed by atoms with Crippen molar-refractivity contribution >= 4 is 52.1 Å². The van der Waals surface area contributed by atoms with E-state index >= 15 is 0 Å². The smallest absolute Gasteiger partial charge is 0.299 e. The van der Waals surface area contributed by atoms with Crippen LogP contribution in [0.5, 0.6) is 23.0 Å². The van der Waals surface area contributed by atoms with E-state index in [1.165, 1.54) is 26.4 Å². The van der Waals surface area contributed by atoms with Crippen molar-refractivity contribution in [2.24, 2.45) is 0 Å². The number of methoxy groups -OCH3 is 4. The predicted octanol–water partition coefficient (Wildman–Crippen LogP) is 3.41. The second-order valence-corrected chi connectivity index (χ2v) is 9.97. The van der Waals surface area contributed by atoms with E-state index in [1.54, 1.807) is 0 Å². The second-order valence-electron chi connectivity index (χ2n) is 5.55. The molecule has 0 saturated heterocycles. The molecule has 0 aliphatic rings. The molecule has 2 aromatic carbocycles. The molecule has 166 valence electrons. The van der Waals surface area contributed by atoms with E-state index in [0.717, 1.165) is 14.2 Å². The zero-order valence-electron chi connectivity index (χ0n) is 15.9. The molecule has 0 bridgehead atoms. The Bertz CT molecular complexity index is 1110. The Morgan fingerprint density at radius 1 is 0.667 bits per heavy atom. The number of halogens is 2. The number of benzene rings is 2. The van der Waals surface area contributed by atoms with Crippen LogP contribution in [0.3, 0.4) is 0 Å². The minimum Gasteiger partial charge on any atom is -0.496 e. The van der Waals surface area contributed by atoms with Crippen molar-refractivity contribution in [3.05, 3.63) is 21.1 Å². The van der Waals surface area contributed by atoms with E-state index in [-0.39, 0.29) is 43.1 Å². The van der Waals surface area contributed by atoms with Gasteiger partial charge in [-0.3, -0.25) is 9.11 Å². The third-order valence-corrected chi connectivity index (χ3v) is 7.54. The molecule has 0 aromatic heterocycles.